The summed E-state index contributed by atoms with van der Waals surface area (Å²) in [5, 5.41) is 7.31. The van der Waals surface area contributed by atoms with Gasteiger partial charge in [0, 0.05) is 24.2 Å². The summed E-state index contributed by atoms with van der Waals surface area (Å²) in [4.78, 5) is 31.6. The minimum atomic E-state index is -4.45. The van der Waals surface area contributed by atoms with Crippen LogP contribution in [0, 0.1) is 6.92 Å². The molecule has 0 aromatic carbocycles. The molecule has 1 atom stereocenters. The zero-order valence-corrected chi connectivity index (χ0v) is 16.6. The number of halogens is 3. The molecule has 12 heteroatoms. The normalized spacial score (nSPS) is 12.5. The van der Waals surface area contributed by atoms with Gasteiger partial charge in [-0.2, -0.15) is 18.3 Å². The zero-order valence-electron chi connectivity index (χ0n) is 16.6. The first-order chi connectivity index (χ1) is 14.5. The van der Waals surface area contributed by atoms with E-state index in [0.29, 0.717) is 22.0 Å². The molecular weight excluding hydrogens is 417 g/mol. The third kappa shape index (κ3) is 5.47. The highest BCUT2D eigenvalue weighted by molar-refractivity contribution is 6.05. The van der Waals surface area contributed by atoms with Gasteiger partial charge in [-0.25, -0.2) is 4.98 Å². The molecule has 0 spiro atoms. The third-order valence-corrected chi connectivity index (χ3v) is 4.27. The first kappa shape index (κ1) is 22.0. The van der Waals surface area contributed by atoms with Crippen LogP contribution in [-0.4, -0.2) is 50.4 Å². The Labute approximate surface area is 174 Å². The number of nitrogens with one attached hydrogen (secondary N) is 1. The van der Waals surface area contributed by atoms with Crippen LogP contribution in [0.5, 0.6) is 5.88 Å². The van der Waals surface area contributed by atoms with Crippen molar-refractivity contribution in [2.24, 2.45) is 5.73 Å². The Bertz CT molecular complexity index is 1130. The molecule has 3 aromatic rings. The number of nitrogens with zero attached hydrogens (tertiary/aromatic N) is 4. The zero-order chi connectivity index (χ0) is 22.8. The van der Waals surface area contributed by atoms with Crippen molar-refractivity contribution in [1.82, 2.24) is 25.1 Å². The third-order valence-electron chi connectivity index (χ3n) is 4.27. The van der Waals surface area contributed by atoms with Crippen molar-refractivity contribution in [2.75, 3.05) is 6.61 Å². The van der Waals surface area contributed by atoms with Crippen LogP contribution < -0.4 is 15.8 Å². The molecule has 0 aliphatic rings. The molecule has 3 N–H and O–H groups in total. The molecule has 2 amide bonds. The largest absolute Gasteiger partial charge is 0.468 e. The van der Waals surface area contributed by atoms with Gasteiger partial charge in [-0.05, 0) is 31.5 Å². The van der Waals surface area contributed by atoms with Crippen molar-refractivity contribution >= 4 is 22.7 Å². The summed E-state index contributed by atoms with van der Waals surface area (Å²) in [5.74, 6) is -1.35. The van der Waals surface area contributed by atoms with Crippen LogP contribution in [0.15, 0.2) is 30.7 Å². The fourth-order valence-electron chi connectivity index (χ4n) is 2.79. The summed E-state index contributed by atoms with van der Waals surface area (Å²) in [7, 11) is 0. The lowest BCUT2D eigenvalue weighted by atomic mass is 10.2. The monoisotopic (exact) mass is 436 g/mol. The molecule has 164 valence electrons. The summed E-state index contributed by atoms with van der Waals surface area (Å²) in [6, 6.07) is 2.40. The van der Waals surface area contributed by atoms with Gasteiger partial charge in [0.25, 0.3) is 5.91 Å². The summed E-state index contributed by atoms with van der Waals surface area (Å²) >= 11 is 0. The van der Waals surface area contributed by atoms with Gasteiger partial charge in [-0.3, -0.25) is 19.3 Å². The van der Waals surface area contributed by atoms with E-state index in [0.717, 1.165) is 0 Å². The van der Waals surface area contributed by atoms with Crippen molar-refractivity contribution < 1.29 is 27.5 Å². The average Bonchev–Trinajstić information content (AvgIpc) is 3.08. The van der Waals surface area contributed by atoms with Crippen LogP contribution >= 0.6 is 0 Å². The van der Waals surface area contributed by atoms with Crippen LogP contribution in [0.1, 0.15) is 28.5 Å². The number of nitrogens with two attached hydrogens (primary N) is 1. The quantitative estimate of drug-likeness (QED) is 0.581. The number of carbonyl (C=O) groups is 2. The molecular formula is C19H19F3N6O3. The lowest BCUT2D eigenvalue weighted by Gasteiger charge is -2.11. The van der Waals surface area contributed by atoms with Crippen molar-refractivity contribution in [3.8, 4) is 5.88 Å². The molecule has 3 rings (SSSR count). The summed E-state index contributed by atoms with van der Waals surface area (Å²) in [6.45, 7) is 1.88. The van der Waals surface area contributed by atoms with Crippen molar-refractivity contribution in [1.29, 1.82) is 0 Å². The average molecular weight is 436 g/mol. The number of aryl methyl sites for hydroxylation is 1. The maximum Gasteiger partial charge on any atom is 0.422 e. The van der Waals surface area contributed by atoms with Crippen LogP contribution in [0.25, 0.3) is 10.9 Å². The lowest BCUT2D eigenvalue weighted by Crippen LogP contribution is -2.42. The van der Waals surface area contributed by atoms with E-state index in [9.17, 15) is 22.8 Å². The number of fused-ring (bicyclic) bond motifs is 1. The smallest absolute Gasteiger partial charge is 0.422 e. The minimum absolute atomic E-state index is 0.0852. The SMILES string of the molecule is Cc1cc(Cn2cc3c(C(=O)NC(C)C(N)=O)nccc3n2)cnc1OCC(F)(F)F. The standard InChI is InChI=1S/C19H19F3N6O3/c1-10-5-12(6-25-18(10)31-9-19(20,21)22)7-28-8-13-14(27-28)3-4-24-15(13)17(30)26-11(2)16(23)29/h3-6,8,11H,7,9H2,1-2H3,(H2,23,29)(H,26,30). The number of pyridine rings is 2. The molecule has 3 heterocycles. The topological polar surface area (TPSA) is 125 Å². The number of primary amides is 1. The molecule has 0 aliphatic carbocycles. The van der Waals surface area contributed by atoms with Gasteiger partial charge in [0.05, 0.1) is 17.4 Å². The van der Waals surface area contributed by atoms with Gasteiger partial charge in [-0.1, -0.05) is 0 Å². The lowest BCUT2D eigenvalue weighted by molar-refractivity contribution is -0.154. The second kappa shape index (κ2) is 8.58. The number of alkyl halides is 3. The van der Waals surface area contributed by atoms with E-state index in [-0.39, 0.29) is 18.1 Å². The molecule has 0 fully saturated rings. The Kier molecular flexibility index (Phi) is 6.09. The number of amides is 2. The van der Waals surface area contributed by atoms with E-state index in [1.54, 1.807) is 29.9 Å². The van der Waals surface area contributed by atoms with Crippen LogP contribution in [-0.2, 0) is 11.3 Å². The van der Waals surface area contributed by atoms with E-state index in [2.05, 4.69) is 20.4 Å². The van der Waals surface area contributed by atoms with Gasteiger partial charge in [0.1, 0.15) is 11.7 Å². The Morgan fingerprint density at radius 2 is 2.06 bits per heavy atom. The Hall–Kier alpha value is -3.70. The maximum absolute atomic E-state index is 12.4. The van der Waals surface area contributed by atoms with Gasteiger partial charge >= 0.3 is 6.18 Å². The molecule has 0 radical (unpaired) electrons. The first-order valence-electron chi connectivity index (χ1n) is 9.11. The number of rotatable bonds is 7. The summed E-state index contributed by atoms with van der Waals surface area (Å²) in [6.07, 6.45) is -0.0295. The predicted octanol–water partition coefficient (Wildman–Crippen LogP) is 1.73. The van der Waals surface area contributed by atoms with Gasteiger partial charge < -0.3 is 15.8 Å². The van der Waals surface area contributed by atoms with E-state index < -0.39 is 30.6 Å². The fourth-order valence-corrected chi connectivity index (χ4v) is 2.79. The van der Waals surface area contributed by atoms with E-state index in [4.69, 9.17) is 10.5 Å². The predicted molar refractivity (Wildman–Crippen MR) is 103 cm³/mol. The van der Waals surface area contributed by atoms with Crippen LogP contribution in [0.2, 0.25) is 0 Å². The van der Waals surface area contributed by atoms with Crippen molar-refractivity contribution in [3.05, 3.63) is 47.5 Å². The Morgan fingerprint density at radius 3 is 2.71 bits per heavy atom. The highest BCUT2D eigenvalue weighted by Gasteiger charge is 2.29. The molecule has 0 bridgehead atoms. The number of hydrogen-bond acceptors (Lipinski definition) is 6. The van der Waals surface area contributed by atoms with Crippen LogP contribution in [0.3, 0.4) is 0 Å². The highest BCUT2D eigenvalue weighted by atomic mass is 19.4. The number of carbonyl (C=O) groups excluding carboxylic acids is 2. The number of ether oxygens (including phenoxy) is 1. The minimum Gasteiger partial charge on any atom is -0.468 e. The highest BCUT2D eigenvalue weighted by Crippen LogP contribution is 2.21. The van der Waals surface area contributed by atoms with Gasteiger partial charge in [-0.15, -0.1) is 0 Å². The molecule has 31 heavy (non-hydrogen) atoms. The van der Waals surface area contributed by atoms with E-state index in [1.807, 2.05) is 0 Å². The van der Waals surface area contributed by atoms with E-state index in [1.165, 1.54) is 19.3 Å². The molecule has 9 nitrogen and oxygen atoms in total. The molecule has 1 unspecified atom stereocenters. The molecule has 0 saturated heterocycles. The summed E-state index contributed by atoms with van der Waals surface area (Å²) in [5.41, 5.74) is 6.87. The second-order valence-electron chi connectivity index (χ2n) is 6.89. The second-order valence-corrected chi connectivity index (χ2v) is 6.89. The Balaban J connectivity index is 1.79. The van der Waals surface area contributed by atoms with Crippen molar-refractivity contribution in [2.45, 2.75) is 32.6 Å². The van der Waals surface area contributed by atoms with Gasteiger partial charge in [0.15, 0.2) is 6.61 Å². The number of hydrogen-bond donors (Lipinski definition) is 2. The molecule has 0 saturated carbocycles. The number of aromatic nitrogens is 4. The molecule has 0 aliphatic heterocycles. The summed E-state index contributed by atoms with van der Waals surface area (Å²) < 4.78 is 43.2. The fraction of sp³-hybridized carbons (Fsp3) is 0.316. The van der Waals surface area contributed by atoms with Gasteiger partial charge in [0.2, 0.25) is 11.8 Å². The van der Waals surface area contributed by atoms with E-state index >= 15 is 0 Å². The molecule has 3 aromatic heterocycles. The first-order valence-corrected chi connectivity index (χ1v) is 9.11. The maximum atomic E-state index is 12.4. The van der Waals surface area contributed by atoms with Crippen molar-refractivity contribution in [3.63, 3.8) is 0 Å². The van der Waals surface area contributed by atoms with Crippen LogP contribution in [0.4, 0.5) is 13.2 Å². The Morgan fingerprint density at radius 1 is 1.32 bits per heavy atom.